The number of hydrogen-bond acceptors (Lipinski definition) is 7. The molecule has 0 saturated heterocycles. The summed E-state index contributed by atoms with van der Waals surface area (Å²) in [7, 11) is 3.40. The summed E-state index contributed by atoms with van der Waals surface area (Å²) in [5.41, 5.74) is 2.53. The number of nitrogens with zero attached hydrogens (tertiary/aromatic N) is 4. The number of carbonyl (C=O) groups is 1. The van der Waals surface area contributed by atoms with Gasteiger partial charge in [0.25, 0.3) is 11.6 Å². The molecule has 0 spiro atoms. The van der Waals surface area contributed by atoms with Crippen LogP contribution in [0, 0.1) is 10.1 Å². The molecule has 0 fully saturated rings. The molecule has 10 heteroatoms. The zero-order valence-corrected chi connectivity index (χ0v) is 16.7. The van der Waals surface area contributed by atoms with Crippen LogP contribution in [0.3, 0.4) is 0 Å². The molecule has 156 valence electrons. The number of carbonyl (C=O) groups excluding carboxylic acids is 1. The number of aromatic nitrogens is 3. The van der Waals surface area contributed by atoms with Gasteiger partial charge in [0.2, 0.25) is 5.95 Å². The average Bonchev–Trinajstić information content (AvgIpc) is 3.08. The number of hydrogen-bond donors (Lipinski definition) is 2. The fraction of sp³-hybridized carbons (Fsp3) is 0.0952. The molecule has 0 bridgehead atoms. The predicted molar refractivity (Wildman–Crippen MR) is 115 cm³/mol. The average molecular weight is 418 g/mol. The van der Waals surface area contributed by atoms with Crippen molar-refractivity contribution in [2.75, 3.05) is 12.4 Å². The second kappa shape index (κ2) is 8.11. The maximum Gasteiger partial charge on any atom is 0.269 e. The number of anilines is 2. The van der Waals surface area contributed by atoms with Crippen LogP contribution >= 0.6 is 0 Å². The number of nitro groups is 1. The van der Waals surface area contributed by atoms with Gasteiger partial charge in [-0.05, 0) is 30.3 Å². The lowest BCUT2D eigenvalue weighted by molar-refractivity contribution is -0.384. The van der Waals surface area contributed by atoms with Crippen molar-refractivity contribution in [3.05, 3.63) is 76.6 Å². The van der Waals surface area contributed by atoms with Crippen LogP contribution in [0.5, 0.6) is 11.5 Å². The molecule has 4 rings (SSSR count). The van der Waals surface area contributed by atoms with Gasteiger partial charge in [0.05, 0.1) is 16.0 Å². The molecule has 31 heavy (non-hydrogen) atoms. The third-order valence-corrected chi connectivity index (χ3v) is 4.61. The van der Waals surface area contributed by atoms with Gasteiger partial charge in [0.15, 0.2) is 0 Å². The minimum absolute atomic E-state index is 0.0213. The van der Waals surface area contributed by atoms with Crippen LogP contribution in [-0.4, -0.2) is 32.4 Å². The Morgan fingerprint density at radius 1 is 1.10 bits per heavy atom. The Balaban J connectivity index is 1.57. The van der Waals surface area contributed by atoms with Crippen LogP contribution in [-0.2, 0) is 7.05 Å². The van der Waals surface area contributed by atoms with E-state index in [1.807, 2.05) is 17.7 Å². The number of nitro benzene ring substituents is 1. The molecular weight excluding hydrogens is 400 g/mol. The Kier molecular flexibility index (Phi) is 5.19. The zero-order valence-electron chi connectivity index (χ0n) is 16.7. The van der Waals surface area contributed by atoms with Crippen LogP contribution in [0.25, 0.3) is 11.0 Å². The van der Waals surface area contributed by atoms with Gasteiger partial charge in [-0.25, -0.2) is 4.98 Å². The van der Waals surface area contributed by atoms with E-state index in [2.05, 4.69) is 20.6 Å². The predicted octanol–water partition coefficient (Wildman–Crippen LogP) is 3.77. The summed E-state index contributed by atoms with van der Waals surface area (Å²) < 4.78 is 7.74. The maximum absolute atomic E-state index is 11.8. The third-order valence-electron chi connectivity index (χ3n) is 4.61. The van der Waals surface area contributed by atoms with Crippen LogP contribution in [0.4, 0.5) is 17.3 Å². The number of pyridine rings is 1. The number of amides is 1. The van der Waals surface area contributed by atoms with E-state index in [9.17, 15) is 14.9 Å². The highest BCUT2D eigenvalue weighted by Gasteiger charge is 2.12. The first kappa shape index (κ1) is 19.8. The molecule has 2 aromatic carbocycles. The van der Waals surface area contributed by atoms with E-state index >= 15 is 0 Å². The lowest BCUT2D eigenvalue weighted by atomic mass is 10.3. The van der Waals surface area contributed by atoms with Crippen LogP contribution in [0.2, 0.25) is 0 Å². The normalized spacial score (nSPS) is 10.6. The first-order valence-electron chi connectivity index (χ1n) is 9.28. The first-order chi connectivity index (χ1) is 14.9. The van der Waals surface area contributed by atoms with Gasteiger partial charge in [0.1, 0.15) is 17.2 Å². The smallest absolute Gasteiger partial charge is 0.269 e. The van der Waals surface area contributed by atoms with E-state index in [1.165, 1.54) is 25.4 Å². The molecule has 0 aliphatic carbocycles. The highest BCUT2D eigenvalue weighted by molar-refractivity contribution is 5.92. The van der Waals surface area contributed by atoms with Gasteiger partial charge in [-0.2, -0.15) is 0 Å². The van der Waals surface area contributed by atoms with Crippen molar-refractivity contribution >= 4 is 34.3 Å². The van der Waals surface area contributed by atoms with Crippen molar-refractivity contribution in [1.82, 2.24) is 19.9 Å². The van der Waals surface area contributed by atoms with Crippen molar-refractivity contribution in [1.29, 1.82) is 0 Å². The summed E-state index contributed by atoms with van der Waals surface area (Å²) in [4.78, 5) is 30.7. The summed E-state index contributed by atoms with van der Waals surface area (Å²) in [6.45, 7) is 0. The Morgan fingerprint density at radius 3 is 2.55 bits per heavy atom. The Hall–Kier alpha value is -4.47. The number of imidazole rings is 1. The van der Waals surface area contributed by atoms with Crippen molar-refractivity contribution in [2.24, 2.45) is 7.05 Å². The SMILES string of the molecule is CNC(=O)c1cc(Oc2ccc3c(c2)nc(Nc2ccc([N+](=O)[O-])cc2)n3C)ccn1. The van der Waals surface area contributed by atoms with Crippen molar-refractivity contribution in [2.45, 2.75) is 0 Å². The molecule has 2 heterocycles. The number of benzene rings is 2. The number of ether oxygens (including phenoxy) is 1. The first-order valence-corrected chi connectivity index (χ1v) is 9.28. The Labute approximate surface area is 176 Å². The van der Waals surface area contributed by atoms with E-state index < -0.39 is 4.92 Å². The largest absolute Gasteiger partial charge is 0.457 e. The second-order valence-electron chi connectivity index (χ2n) is 6.63. The molecule has 0 unspecified atom stereocenters. The zero-order chi connectivity index (χ0) is 22.0. The standard InChI is InChI=1S/C21H18N6O4/c1-22-20(28)18-12-16(9-10-23-18)31-15-7-8-19-17(11-15)25-21(26(19)2)24-13-3-5-14(6-4-13)27(29)30/h3-12H,1-2H3,(H,22,28)(H,24,25). The van der Waals surface area contributed by atoms with Gasteiger partial charge < -0.3 is 19.9 Å². The Bertz CT molecular complexity index is 1280. The topological polar surface area (TPSA) is 124 Å². The van der Waals surface area contributed by atoms with E-state index in [-0.39, 0.29) is 17.3 Å². The van der Waals surface area contributed by atoms with Gasteiger partial charge in [-0.1, -0.05) is 0 Å². The second-order valence-corrected chi connectivity index (χ2v) is 6.63. The molecule has 0 aliphatic rings. The van der Waals surface area contributed by atoms with E-state index in [4.69, 9.17) is 4.74 Å². The molecular formula is C21H18N6O4. The fourth-order valence-corrected chi connectivity index (χ4v) is 3.01. The van der Waals surface area contributed by atoms with Crippen molar-refractivity contribution in [3.63, 3.8) is 0 Å². The number of fused-ring (bicyclic) bond motifs is 1. The summed E-state index contributed by atoms with van der Waals surface area (Å²) in [5, 5.41) is 16.5. The van der Waals surface area contributed by atoms with Gasteiger partial charge >= 0.3 is 0 Å². The van der Waals surface area contributed by atoms with Crippen LogP contribution in [0.1, 0.15) is 10.5 Å². The highest BCUT2D eigenvalue weighted by Crippen LogP contribution is 2.28. The highest BCUT2D eigenvalue weighted by atomic mass is 16.6. The van der Waals surface area contributed by atoms with Crippen molar-refractivity contribution in [3.8, 4) is 11.5 Å². The third kappa shape index (κ3) is 4.13. The monoisotopic (exact) mass is 418 g/mol. The molecule has 0 saturated carbocycles. The molecule has 2 N–H and O–H groups in total. The summed E-state index contributed by atoms with van der Waals surface area (Å²) in [5.74, 6) is 1.31. The summed E-state index contributed by atoms with van der Waals surface area (Å²) in [6.07, 6.45) is 1.51. The number of rotatable bonds is 6. The molecule has 4 aromatic rings. The number of nitrogens with one attached hydrogen (secondary N) is 2. The number of non-ortho nitro benzene ring substituents is 1. The van der Waals surface area contributed by atoms with E-state index in [0.717, 1.165) is 5.52 Å². The quantitative estimate of drug-likeness (QED) is 0.361. The molecule has 0 aliphatic heterocycles. The van der Waals surface area contributed by atoms with Crippen molar-refractivity contribution < 1.29 is 14.5 Å². The molecule has 2 aromatic heterocycles. The lowest BCUT2D eigenvalue weighted by Gasteiger charge is -2.07. The molecule has 1 amide bonds. The number of aryl methyl sites for hydroxylation is 1. The van der Waals surface area contributed by atoms with Crippen LogP contribution in [0.15, 0.2) is 60.8 Å². The van der Waals surface area contributed by atoms with E-state index in [0.29, 0.717) is 28.7 Å². The molecule has 0 radical (unpaired) electrons. The summed E-state index contributed by atoms with van der Waals surface area (Å²) >= 11 is 0. The van der Waals surface area contributed by atoms with E-state index in [1.54, 1.807) is 36.4 Å². The van der Waals surface area contributed by atoms with Gasteiger partial charge in [0, 0.05) is 50.2 Å². The van der Waals surface area contributed by atoms with Gasteiger partial charge in [-0.15, -0.1) is 0 Å². The fourth-order valence-electron chi connectivity index (χ4n) is 3.01. The van der Waals surface area contributed by atoms with Gasteiger partial charge in [-0.3, -0.25) is 19.9 Å². The molecule has 10 nitrogen and oxygen atoms in total. The molecule has 0 atom stereocenters. The minimum Gasteiger partial charge on any atom is -0.457 e. The lowest BCUT2D eigenvalue weighted by Crippen LogP contribution is -2.18. The minimum atomic E-state index is -0.444. The Morgan fingerprint density at radius 2 is 1.84 bits per heavy atom. The van der Waals surface area contributed by atoms with Crippen LogP contribution < -0.4 is 15.4 Å². The maximum atomic E-state index is 11.8. The summed E-state index contributed by atoms with van der Waals surface area (Å²) in [6, 6.07) is 14.8.